The zero-order valence-corrected chi connectivity index (χ0v) is 13.5. The van der Waals surface area contributed by atoms with Crippen LogP contribution in [-0.4, -0.2) is 10.1 Å². The highest BCUT2D eigenvalue weighted by Crippen LogP contribution is 2.69. The monoisotopic (exact) mass is 289 g/mol. The van der Waals surface area contributed by atoms with Crippen LogP contribution in [0.15, 0.2) is 4.52 Å². The van der Waals surface area contributed by atoms with Gasteiger partial charge < -0.3 is 10.3 Å². The van der Waals surface area contributed by atoms with E-state index in [1.807, 2.05) is 0 Å². The summed E-state index contributed by atoms with van der Waals surface area (Å²) in [7, 11) is 0. The second-order valence-electron chi connectivity index (χ2n) is 8.88. The quantitative estimate of drug-likeness (QED) is 0.921. The highest BCUT2D eigenvalue weighted by molar-refractivity contribution is 5.21. The molecule has 2 unspecified atom stereocenters. The number of nitrogens with two attached hydrogens (primary N) is 1. The Labute approximate surface area is 126 Å². The molecule has 4 bridgehead atoms. The highest BCUT2D eigenvalue weighted by Gasteiger charge is 2.62. The fourth-order valence-corrected chi connectivity index (χ4v) is 6.47. The molecule has 0 aromatic carbocycles. The van der Waals surface area contributed by atoms with Crippen LogP contribution in [0.1, 0.15) is 83.5 Å². The summed E-state index contributed by atoms with van der Waals surface area (Å²) in [5, 5.41) is 4.37. The van der Waals surface area contributed by atoms with Crippen molar-refractivity contribution in [3.8, 4) is 0 Å². The SMILES string of the molecule is CC[C@@H](N)c1nc(C23CC4CC(C)(CC(C)(C4)C2)C3)no1. The molecule has 0 spiro atoms. The number of aromatic nitrogens is 2. The van der Waals surface area contributed by atoms with E-state index in [1.54, 1.807) is 0 Å². The molecule has 21 heavy (non-hydrogen) atoms. The Kier molecular flexibility index (Phi) is 2.68. The molecule has 0 aliphatic heterocycles. The Morgan fingerprint density at radius 1 is 1.19 bits per heavy atom. The highest BCUT2D eigenvalue weighted by atomic mass is 16.5. The van der Waals surface area contributed by atoms with E-state index in [1.165, 1.54) is 38.5 Å². The van der Waals surface area contributed by atoms with Crippen LogP contribution in [0.2, 0.25) is 0 Å². The van der Waals surface area contributed by atoms with E-state index in [0.717, 1.165) is 18.2 Å². The summed E-state index contributed by atoms with van der Waals surface area (Å²) in [6, 6.07) is -0.119. The predicted molar refractivity (Wildman–Crippen MR) is 80.6 cm³/mol. The van der Waals surface area contributed by atoms with Gasteiger partial charge in [-0.15, -0.1) is 0 Å². The summed E-state index contributed by atoms with van der Waals surface area (Å²) in [5.41, 5.74) is 7.15. The molecule has 0 amide bonds. The minimum atomic E-state index is -0.119. The third-order valence-electron chi connectivity index (χ3n) is 6.30. The van der Waals surface area contributed by atoms with E-state index < -0.39 is 0 Å². The Hall–Kier alpha value is -0.900. The molecule has 4 saturated carbocycles. The molecule has 4 heteroatoms. The summed E-state index contributed by atoms with van der Waals surface area (Å²) in [6.45, 7) is 7.01. The van der Waals surface area contributed by atoms with Crippen molar-refractivity contribution in [1.29, 1.82) is 0 Å². The largest absolute Gasteiger partial charge is 0.338 e. The van der Waals surface area contributed by atoms with Gasteiger partial charge in [0.2, 0.25) is 5.89 Å². The summed E-state index contributed by atoms with van der Waals surface area (Å²) < 4.78 is 5.49. The molecule has 1 aromatic rings. The van der Waals surface area contributed by atoms with Gasteiger partial charge in [0, 0.05) is 5.41 Å². The number of nitrogens with zero attached hydrogens (tertiary/aromatic N) is 2. The Morgan fingerprint density at radius 3 is 2.43 bits per heavy atom. The van der Waals surface area contributed by atoms with E-state index >= 15 is 0 Å². The van der Waals surface area contributed by atoms with Gasteiger partial charge in [0.15, 0.2) is 5.82 Å². The first-order valence-corrected chi connectivity index (χ1v) is 8.45. The van der Waals surface area contributed by atoms with Crippen molar-refractivity contribution in [2.75, 3.05) is 0 Å². The first-order chi connectivity index (χ1) is 9.85. The van der Waals surface area contributed by atoms with Crippen molar-refractivity contribution < 1.29 is 4.52 Å². The molecule has 4 aliphatic carbocycles. The normalized spacial score (nSPS) is 46.0. The Morgan fingerprint density at radius 2 is 1.86 bits per heavy atom. The lowest BCUT2D eigenvalue weighted by molar-refractivity contribution is -0.113. The zero-order chi connectivity index (χ0) is 14.9. The summed E-state index contributed by atoms with van der Waals surface area (Å²) in [4.78, 5) is 4.73. The van der Waals surface area contributed by atoms with Crippen LogP contribution in [-0.2, 0) is 5.41 Å². The average molecular weight is 289 g/mol. The molecule has 1 aromatic heterocycles. The lowest BCUT2D eigenvalue weighted by Gasteiger charge is -2.64. The molecule has 5 rings (SSSR count). The van der Waals surface area contributed by atoms with Crippen molar-refractivity contribution in [2.24, 2.45) is 22.5 Å². The van der Waals surface area contributed by atoms with Crippen LogP contribution in [0.4, 0.5) is 0 Å². The summed E-state index contributed by atoms with van der Waals surface area (Å²) in [5.74, 6) is 2.42. The smallest absolute Gasteiger partial charge is 0.243 e. The molecule has 4 nitrogen and oxygen atoms in total. The van der Waals surface area contributed by atoms with Crippen LogP contribution in [0.5, 0.6) is 0 Å². The minimum Gasteiger partial charge on any atom is -0.338 e. The van der Waals surface area contributed by atoms with Crippen LogP contribution in [0, 0.1) is 16.7 Å². The average Bonchev–Trinajstić information content (AvgIpc) is 2.83. The van der Waals surface area contributed by atoms with E-state index in [9.17, 15) is 0 Å². The Balaban J connectivity index is 1.72. The molecule has 4 fully saturated rings. The third kappa shape index (κ3) is 1.98. The minimum absolute atomic E-state index is 0.119. The van der Waals surface area contributed by atoms with E-state index in [-0.39, 0.29) is 11.5 Å². The van der Waals surface area contributed by atoms with Crippen LogP contribution in [0.3, 0.4) is 0 Å². The Bertz CT molecular complexity index is 548. The van der Waals surface area contributed by atoms with Gasteiger partial charge in [-0.2, -0.15) is 4.98 Å². The molecule has 3 atom stereocenters. The topological polar surface area (TPSA) is 64.9 Å². The van der Waals surface area contributed by atoms with Crippen molar-refractivity contribution >= 4 is 0 Å². The van der Waals surface area contributed by atoms with Gasteiger partial charge in [-0.1, -0.05) is 25.9 Å². The number of hydrogen-bond donors (Lipinski definition) is 1. The van der Waals surface area contributed by atoms with Gasteiger partial charge in [0.25, 0.3) is 0 Å². The maximum atomic E-state index is 6.05. The van der Waals surface area contributed by atoms with Crippen molar-refractivity contribution in [3.63, 3.8) is 0 Å². The molecule has 0 saturated heterocycles. The van der Waals surface area contributed by atoms with Gasteiger partial charge >= 0.3 is 0 Å². The molecule has 2 N–H and O–H groups in total. The fraction of sp³-hybridized carbons (Fsp3) is 0.882. The third-order valence-corrected chi connectivity index (χ3v) is 6.30. The molecular weight excluding hydrogens is 262 g/mol. The molecule has 116 valence electrons. The lowest BCUT2D eigenvalue weighted by atomic mass is 9.40. The van der Waals surface area contributed by atoms with Gasteiger partial charge in [-0.25, -0.2) is 0 Å². The standard InChI is InChI=1S/C17H27N3O/c1-4-12(18)13-19-14(20-21-13)17-7-11-5-15(2,9-17)8-16(3,6-11)10-17/h11-12H,4-10,18H2,1-3H3/t11?,12-,15?,16?,17?/m1/s1. The van der Waals surface area contributed by atoms with E-state index in [2.05, 4.69) is 25.9 Å². The second kappa shape index (κ2) is 4.09. The zero-order valence-electron chi connectivity index (χ0n) is 13.5. The van der Waals surface area contributed by atoms with Crippen molar-refractivity contribution in [3.05, 3.63) is 11.7 Å². The van der Waals surface area contributed by atoms with E-state index in [4.69, 9.17) is 15.2 Å². The van der Waals surface area contributed by atoms with Gasteiger partial charge in [-0.05, 0) is 61.7 Å². The molecule has 4 aliphatic rings. The summed E-state index contributed by atoms with van der Waals surface area (Å²) >= 11 is 0. The molecular formula is C17H27N3O. The first kappa shape index (κ1) is 13.7. The van der Waals surface area contributed by atoms with Crippen LogP contribution < -0.4 is 5.73 Å². The number of rotatable bonds is 3. The lowest BCUT2D eigenvalue weighted by Crippen LogP contribution is -2.57. The van der Waals surface area contributed by atoms with E-state index in [0.29, 0.717) is 16.7 Å². The summed E-state index contributed by atoms with van der Waals surface area (Å²) in [6.07, 6.45) is 8.70. The van der Waals surface area contributed by atoms with Gasteiger partial charge in [0.1, 0.15) is 0 Å². The fourth-order valence-electron chi connectivity index (χ4n) is 6.47. The molecule has 1 heterocycles. The van der Waals surface area contributed by atoms with Crippen molar-refractivity contribution in [1.82, 2.24) is 10.1 Å². The van der Waals surface area contributed by atoms with Crippen molar-refractivity contribution in [2.45, 2.75) is 77.2 Å². The maximum Gasteiger partial charge on any atom is 0.243 e. The van der Waals surface area contributed by atoms with Crippen LogP contribution >= 0.6 is 0 Å². The van der Waals surface area contributed by atoms with Gasteiger partial charge in [-0.3, -0.25) is 0 Å². The van der Waals surface area contributed by atoms with Crippen LogP contribution in [0.25, 0.3) is 0 Å². The first-order valence-electron chi connectivity index (χ1n) is 8.45. The second-order valence-corrected chi connectivity index (χ2v) is 8.88. The predicted octanol–water partition coefficient (Wildman–Crippen LogP) is 3.73. The number of hydrogen-bond acceptors (Lipinski definition) is 4. The maximum absolute atomic E-state index is 6.05. The molecule has 0 radical (unpaired) electrons. The van der Waals surface area contributed by atoms with Gasteiger partial charge in [0.05, 0.1) is 6.04 Å².